The van der Waals surface area contributed by atoms with Gasteiger partial charge in [-0.2, -0.15) is 0 Å². The van der Waals surface area contributed by atoms with Gasteiger partial charge in [-0.15, -0.1) is 0 Å². The molecule has 0 bridgehead atoms. The van der Waals surface area contributed by atoms with E-state index < -0.39 is 0 Å². The maximum absolute atomic E-state index is 12.6. The minimum atomic E-state index is -0.145. The summed E-state index contributed by atoms with van der Waals surface area (Å²) in [4.78, 5) is 26.7. The van der Waals surface area contributed by atoms with Crippen LogP contribution in [0.2, 0.25) is 5.02 Å². The minimum Gasteiger partial charge on any atom is -0.507 e. The lowest BCUT2D eigenvalue weighted by Gasteiger charge is -2.14. The Balaban J connectivity index is 1.42. The van der Waals surface area contributed by atoms with Gasteiger partial charge in [0.2, 0.25) is 5.91 Å². The molecule has 0 spiro atoms. The second-order valence-electron chi connectivity index (χ2n) is 6.76. The highest BCUT2D eigenvalue weighted by molar-refractivity contribution is 8.26. The first-order chi connectivity index (χ1) is 14.4. The predicted molar refractivity (Wildman–Crippen MR) is 127 cm³/mol. The largest absolute Gasteiger partial charge is 0.507 e. The molecule has 8 heteroatoms. The van der Waals surface area contributed by atoms with Crippen LogP contribution in [-0.2, 0) is 9.59 Å². The Labute approximate surface area is 190 Å². The number of unbranched alkanes of at least 4 members (excludes halogenated alkanes) is 2. The van der Waals surface area contributed by atoms with E-state index in [-0.39, 0.29) is 17.6 Å². The van der Waals surface area contributed by atoms with Gasteiger partial charge in [0.1, 0.15) is 10.1 Å². The van der Waals surface area contributed by atoms with Gasteiger partial charge in [0.25, 0.3) is 5.91 Å². The summed E-state index contributed by atoms with van der Waals surface area (Å²) in [6.07, 6.45) is 4.36. The van der Waals surface area contributed by atoms with Crippen LogP contribution in [0.1, 0.15) is 31.2 Å². The number of thiocarbonyl (C=S) groups is 1. The maximum Gasteiger partial charge on any atom is 0.266 e. The normalized spacial score (nSPS) is 15.1. The fraction of sp³-hybridized carbons (Fsp3) is 0.227. The molecule has 2 aromatic carbocycles. The molecule has 1 fully saturated rings. The van der Waals surface area contributed by atoms with Crippen LogP contribution in [0.4, 0.5) is 5.69 Å². The van der Waals surface area contributed by atoms with Gasteiger partial charge in [-0.3, -0.25) is 14.5 Å². The van der Waals surface area contributed by atoms with Gasteiger partial charge in [0.15, 0.2) is 0 Å². The third-order valence-electron chi connectivity index (χ3n) is 4.51. The number of halogens is 1. The van der Waals surface area contributed by atoms with E-state index in [1.54, 1.807) is 59.5 Å². The Morgan fingerprint density at radius 1 is 1.13 bits per heavy atom. The number of benzene rings is 2. The van der Waals surface area contributed by atoms with E-state index in [2.05, 4.69) is 5.32 Å². The van der Waals surface area contributed by atoms with Crippen molar-refractivity contribution in [3.63, 3.8) is 0 Å². The first-order valence-corrected chi connectivity index (χ1v) is 11.1. The van der Waals surface area contributed by atoms with Crippen LogP contribution in [0, 0.1) is 0 Å². The molecule has 156 valence electrons. The molecule has 3 rings (SSSR count). The zero-order valence-corrected chi connectivity index (χ0v) is 18.5. The lowest BCUT2D eigenvalue weighted by Crippen LogP contribution is -2.29. The number of rotatable bonds is 8. The van der Waals surface area contributed by atoms with Gasteiger partial charge >= 0.3 is 0 Å². The van der Waals surface area contributed by atoms with E-state index in [1.807, 2.05) is 0 Å². The molecule has 5 nitrogen and oxygen atoms in total. The second kappa shape index (κ2) is 10.6. The third kappa shape index (κ3) is 6.08. The molecular weight excluding hydrogens is 440 g/mol. The van der Waals surface area contributed by atoms with Crippen molar-refractivity contribution in [2.24, 2.45) is 0 Å². The van der Waals surface area contributed by atoms with Gasteiger partial charge in [-0.25, -0.2) is 0 Å². The van der Waals surface area contributed by atoms with Gasteiger partial charge < -0.3 is 10.4 Å². The molecule has 1 heterocycles. The Morgan fingerprint density at radius 2 is 1.87 bits per heavy atom. The van der Waals surface area contributed by atoms with Crippen molar-refractivity contribution >= 4 is 63.5 Å². The molecule has 0 aliphatic carbocycles. The van der Waals surface area contributed by atoms with E-state index in [9.17, 15) is 14.7 Å². The molecule has 0 radical (unpaired) electrons. The summed E-state index contributed by atoms with van der Waals surface area (Å²) in [5.41, 5.74) is 1.31. The molecule has 2 amide bonds. The zero-order valence-electron chi connectivity index (χ0n) is 16.1. The summed E-state index contributed by atoms with van der Waals surface area (Å²) in [6, 6.07) is 13.8. The molecule has 0 saturated carbocycles. The number of hydrogen-bond donors (Lipinski definition) is 2. The number of aromatic hydroxyl groups is 1. The number of nitrogens with one attached hydrogen (secondary N) is 1. The monoisotopic (exact) mass is 460 g/mol. The fourth-order valence-corrected chi connectivity index (χ4v) is 4.36. The summed E-state index contributed by atoms with van der Waals surface area (Å²) < 4.78 is 0.516. The van der Waals surface area contributed by atoms with Gasteiger partial charge in [0.05, 0.1) is 4.91 Å². The Kier molecular flexibility index (Phi) is 7.90. The van der Waals surface area contributed by atoms with Crippen LogP contribution in [-0.4, -0.2) is 32.7 Å². The van der Waals surface area contributed by atoms with Gasteiger partial charge in [-0.05, 0) is 49.2 Å². The van der Waals surface area contributed by atoms with Crippen LogP contribution < -0.4 is 5.32 Å². The molecular formula is C22H21ClN2O3S2. The quantitative estimate of drug-likeness (QED) is 0.311. The first-order valence-electron chi connectivity index (χ1n) is 9.53. The summed E-state index contributed by atoms with van der Waals surface area (Å²) in [7, 11) is 0. The molecule has 1 aliphatic heterocycles. The van der Waals surface area contributed by atoms with Crippen molar-refractivity contribution in [1.29, 1.82) is 0 Å². The van der Waals surface area contributed by atoms with E-state index in [0.717, 1.165) is 24.9 Å². The number of hydrogen-bond acceptors (Lipinski definition) is 5. The number of anilines is 1. The lowest BCUT2D eigenvalue weighted by molar-refractivity contribution is -0.122. The Morgan fingerprint density at radius 3 is 2.60 bits per heavy atom. The first kappa shape index (κ1) is 22.3. The average Bonchev–Trinajstić information content (AvgIpc) is 2.98. The van der Waals surface area contributed by atoms with Gasteiger partial charge in [-0.1, -0.05) is 60.2 Å². The summed E-state index contributed by atoms with van der Waals surface area (Å²) >= 11 is 12.4. The second-order valence-corrected chi connectivity index (χ2v) is 8.87. The van der Waals surface area contributed by atoms with Crippen molar-refractivity contribution in [2.45, 2.75) is 25.7 Å². The van der Waals surface area contributed by atoms with Gasteiger partial charge in [0, 0.05) is 29.2 Å². The highest BCUT2D eigenvalue weighted by Crippen LogP contribution is 2.34. The predicted octanol–water partition coefficient (Wildman–Crippen LogP) is 5.45. The Bertz CT molecular complexity index is 977. The third-order valence-corrected chi connectivity index (χ3v) is 6.14. The SMILES string of the molecule is O=C(CCCCCN1C(=O)/C(=C/c2ccccc2O)SC1=S)Nc1ccc(Cl)cc1. The number of phenolic OH excluding ortho intramolecular Hbond substituents is 1. The van der Waals surface area contributed by atoms with Crippen LogP contribution >= 0.6 is 35.6 Å². The zero-order chi connectivity index (χ0) is 21.5. The van der Waals surface area contributed by atoms with Crippen molar-refractivity contribution in [3.8, 4) is 5.75 Å². The number of thioether (sulfide) groups is 1. The fourth-order valence-electron chi connectivity index (χ4n) is 2.93. The number of nitrogens with zero attached hydrogens (tertiary/aromatic N) is 1. The average molecular weight is 461 g/mol. The van der Waals surface area contributed by atoms with Crippen molar-refractivity contribution < 1.29 is 14.7 Å². The number of carbonyl (C=O) groups excluding carboxylic acids is 2. The van der Waals surface area contributed by atoms with E-state index in [1.165, 1.54) is 11.8 Å². The van der Waals surface area contributed by atoms with Crippen molar-refractivity contribution in [1.82, 2.24) is 4.90 Å². The number of carbonyl (C=O) groups is 2. The molecule has 2 aromatic rings. The molecule has 30 heavy (non-hydrogen) atoms. The molecule has 0 aromatic heterocycles. The topological polar surface area (TPSA) is 69.6 Å². The molecule has 2 N–H and O–H groups in total. The van der Waals surface area contributed by atoms with E-state index in [4.69, 9.17) is 23.8 Å². The summed E-state index contributed by atoms with van der Waals surface area (Å²) in [5, 5.41) is 13.3. The smallest absolute Gasteiger partial charge is 0.266 e. The summed E-state index contributed by atoms with van der Waals surface area (Å²) in [6.45, 7) is 0.515. The number of para-hydroxylation sites is 1. The summed E-state index contributed by atoms with van der Waals surface area (Å²) in [5.74, 6) is -0.0677. The highest BCUT2D eigenvalue weighted by atomic mass is 35.5. The number of amides is 2. The van der Waals surface area contributed by atoms with Crippen LogP contribution in [0.3, 0.4) is 0 Å². The maximum atomic E-state index is 12.6. The Hall–Kier alpha value is -2.35. The lowest BCUT2D eigenvalue weighted by atomic mass is 10.1. The van der Waals surface area contributed by atoms with Crippen molar-refractivity contribution in [2.75, 3.05) is 11.9 Å². The van der Waals surface area contributed by atoms with Crippen molar-refractivity contribution in [3.05, 3.63) is 64.0 Å². The van der Waals surface area contributed by atoms with Crippen LogP contribution in [0.15, 0.2) is 53.4 Å². The van der Waals surface area contributed by atoms with E-state index in [0.29, 0.717) is 32.8 Å². The molecule has 1 aliphatic rings. The molecule has 0 atom stereocenters. The molecule has 1 saturated heterocycles. The van der Waals surface area contributed by atoms with Crippen LogP contribution in [0.5, 0.6) is 5.75 Å². The van der Waals surface area contributed by atoms with Crippen LogP contribution in [0.25, 0.3) is 6.08 Å². The molecule has 0 unspecified atom stereocenters. The number of phenols is 1. The standard InChI is InChI=1S/C22H21ClN2O3S2/c23-16-9-11-17(12-10-16)24-20(27)8-2-1-5-13-25-21(28)19(30-22(25)29)14-15-6-3-4-7-18(15)26/h3-4,6-7,9-12,14,26H,1-2,5,8,13H2,(H,24,27)/b19-14-. The minimum absolute atomic E-state index is 0.0477. The highest BCUT2D eigenvalue weighted by Gasteiger charge is 2.31. The van der Waals surface area contributed by atoms with E-state index >= 15 is 0 Å².